The Morgan fingerprint density at radius 3 is 1.85 bits per heavy atom. The zero-order valence-corrected chi connectivity index (χ0v) is 14.6. The lowest BCUT2D eigenvalue weighted by atomic mass is 10.1. The highest BCUT2D eigenvalue weighted by atomic mass is 16.4. The Morgan fingerprint density at radius 1 is 0.654 bits per heavy atom. The van der Waals surface area contributed by atoms with Crippen LogP contribution in [0.25, 0.3) is 22.9 Å². The molecule has 0 fully saturated rings. The second kappa shape index (κ2) is 6.92. The number of hydrogen-bond acceptors (Lipinski definition) is 6. The predicted octanol–water partition coefficient (Wildman–Crippen LogP) is 4.19. The van der Waals surface area contributed by atoms with Gasteiger partial charge in [-0.25, -0.2) is 0 Å². The lowest BCUT2D eigenvalue weighted by Crippen LogP contribution is -1.91. The van der Waals surface area contributed by atoms with Gasteiger partial charge in [-0.2, -0.15) is 0 Å². The number of benzene rings is 2. The zero-order chi connectivity index (χ0) is 17.9. The summed E-state index contributed by atoms with van der Waals surface area (Å²) in [5, 5.41) is 16.2. The van der Waals surface area contributed by atoms with Crippen molar-refractivity contribution in [3.63, 3.8) is 0 Å². The van der Waals surface area contributed by atoms with Gasteiger partial charge in [0.1, 0.15) is 0 Å². The fourth-order valence-electron chi connectivity index (χ4n) is 2.66. The Morgan fingerprint density at radius 2 is 1.27 bits per heavy atom. The molecule has 4 rings (SSSR count). The molecular formula is C20H18N4O2. The quantitative estimate of drug-likeness (QED) is 0.539. The molecule has 0 unspecified atom stereocenters. The first kappa shape index (κ1) is 16.2. The highest BCUT2D eigenvalue weighted by Gasteiger charge is 2.10. The van der Waals surface area contributed by atoms with Crippen molar-refractivity contribution in [2.75, 3.05) is 0 Å². The van der Waals surface area contributed by atoms with E-state index < -0.39 is 0 Å². The van der Waals surface area contributed by atoms with Gasteiger partial charge >= 0.3 is 0 Å². The van der Waals surface area contributed by atoms with Gasteiger partial charge in [0.2, 0.25) is 23.6 Å². The third-order valence-corrected chi connectivity index (χ3v) is 4.12. The average molecular weight is 346 g/mol. The van der Waals surface area contributed by atoms with E-state index >= 15 is 0 Å². The van der Waals surface area contributed by atoms with Crippen LogP contribution in [0.5, 0.6) is 0 Å². The maximum Gasteiger partial charge on any atom is 0.248 e. The van der Waals surface area contributed by atoms with Crippen LogP contribution in [0, 0.1) is 13.8 Å². The third kappa shape index (κ3) is 3.54. The van der Waals surface area contributed by atoms with Crippen LogP contribution in [-0.4, -0.2) is 20.4 Å². The number of nitrogens with zero attached hydrogens (tertiary/aromatic N) is 4. The van der Waals surface area contributed by atoms with E-state index in [0.29, 0.717) is 23.6 Å². The van der Waals surface area contributed by atoms with Crippen molar-refractivity contribution in [3.8, 4) is 22.9 Å². The molecule has 0 saturated heterocycles. The van der Waals surface area contributed by atoms with Crippen LogP contribution < -0.4 is 0 Å². The van der Waals surface area contributed by atoms with Crippen molar-refractivity contribution in [1.29, 1.82) is 0 Å². The zero-order valence-electron chi connectivity index (χ0n) is 14.6. The molecule has 4 aromatic rings. The molecule has 6 nitrogen and oxygen atoms in total. The molecule has 0 aliphatic heterocycles. The molecule has 0 aliphatic rings. The third-order valence-electron chi connectivity index (χ3n) is 4.12. The summed E-state index contributed by atoms with van der Waals surface area (Å²) in [6.45, 7) is 3.84. The van der Waals surface area contributed by atoms with Crippen LogP contribution >= 0.6 is 0 Å². The minimum absolute atomic E-state index is 0.514. The summed E-state index contributed by atoms with van der Waals surface area (Å²) in [4.78, 5) is 0. The van der Waals surface area contributed by atoms with Crippen molar-refractivity contribution >= 4 is 0 Å². The first-order valence-corrected chi connectivity index (χ1v) is 8.46. The maximum absolute atomic E-state index is 5.81. The Bertz CT molecular complexity index is 1000. The standard InChI is InChI=1S/C20H18N4O2/c1-13-3-8-16(9-4-13)19-23-24-20(26-19)17-10-5-15(6-11-17)7-12-18-22-21-14(2)25-18/h3-6,8-11H,7,12H2,1-2H3. The molecule has 0 N–H and O–H groups in total. The lowest BCUT2D eigenvalue weighted by molar-refractivity contribution is 0.467. The summed E-state index contributed by atoms with van der Waals surface area (Å²) in [5.41, 5.74) is 4.19. The molecule has 26 heavy (non-hydrogen) atoms. The fraction of sp³-hybridized carbons (Fsp3) is 0.200. The molecule has 0 radical (unpaired) electrons. The molecule has 0 spiro atoms. The van der Waals surface area contributed by atoms with E-state index in [1.54, 1.807) is 6.92 Å². The van der Waals surface area contributed by atoms with Gasteiger partial charge in [0.15, 0.2) is 0 Å². The van der Waals surface area contributed by atoms with Crippen LogP contribution in [-0.2, 0) is 12.8 Å². The molecule has 2 heterocycles. The Balaban J connectivity index is 1.46. The van der Waals surface area contributed by atoms with Crippen LogP contribution in [0.2, 0.25) is 0 Å². The number of aryl methyl sites for hydroxylation is 4. The van der Waals surface area contributed by atoms with Gasteiger partial charge in [0, 0.05) is 24.5 Å². The van der Waals surface area contributed by atoms with Crippen molar-refractivity contribution in [3.05, 3.63) is 71.4 Å². The molecule has 2 aromatic carbocycles. The summed E-state index contributed by atoms with van der Waals surface area (Å²) < 4.78 is 11.2. The van der Waals surface area contributed by atoms with Gasteiger partial charge in [-0.05, 0) is 43.2 Å². The minimum atomic E-state index is 0.514. The summed E-state index contributed by atoms with van der Waals surface area (Å²) in [7, 11) is 0. The van der Waals surface area contributed by atoms with Crippen LogP contribution in [0.15, 0.2) is 57.4 Å². The van der Waals surface area contributed by atoms with Crippen LogP contribution in [0.3, 0.4) is 0 Å². The van der Waals surface area contributed by atoms with Crippen molar-refractivity contribution in [2.24, 2.45) is 0 Å². The first-order chi connectivity index (χ1) is 12.7. The maximum atomic E-state index is 5.81. The van der Waals surface area contributed by atoms with E-state index in [0.717, 1.165) is 24.0 Å². The van der Waals surface area contributed by atoms with Gasteiger partial charge in [-0.1, -0.05) is 29.8 Å². The topological polar surface area (TPSA) is 77.8 Å². The number of aromatic nitrogens is 4. The molecule has 130 valence electrons. The Kier molecular flexibility index (Phi) is 4.31. The van der Waals surface area contributed by atoms with Gasteiger partial charge in [0.25, 0.3) is 0 Å². The molecule has 0 aliphatic carbocycles. The van der Waals surface area contributed by atoms with E-state index in [9.17, 15) is 0 Å². The van der Waals surface area contributed by atoms with Gasteiger partial charge in [-0.15, -0.1) is 20.4 Å². The van der Waals surface area contributed by atoms with Crippen molar-refractivity contribution in [2.45, 2.75) is 26.7 Å². The molecular weight excluding hydrogens is 328 g/mol. The molecule has 0 saturated carbocycles. The van der Waals surface area contributed by atoms with Gasteiger partial charge < -0.3 is 8.83 Å². The van der Waals surface area contributed by atoms with Crippen LogP contribution in [0.4, 0.5) is 0 Å². The van der Waals surface area contributed by atoms with Crippen molar-refractivity contribution in [1.82, 2.24) is 20.4 Å². The van der Waals surface area contributed by atoms with Gasteiger partial charge in [0.05, 0.1) is 0 Å². The summed E-state index contributed by atoms with van der Waals surface area (Å²) in [5.74, 6) is 2.29. The second-order valence-electron chi connectivity index (χ2n) is 6.19. The second-order valence-corrected chi connectivity index (χ2v) is 6.19. The molecule has 0 amide bonds. The average Bonchev–Trinajstić information content (AvgIpc) is 3.30. The Hall–Kier alpha value is -3.28. The molecule has 6 heteroatoms. The number of hydrogen-bond donors (Lipinski definition) is 0. The van der Waals surface area contributed by atoms with Crippen molar-refractivity contribution < 1.29 is 8.83 Å². The first-order valence-electron chi connectivity index (χ1n) is 8.46. The number of rotatable bonds is 5. The van der Waals surface area contributed by atoms with Crippen LogP contribution in [0.1, 0.15) is 22.9 Å². The minimum Gasteiger partial charge on any atom is -0.426 e. The molecule has 2 aromatic heterocycles. The molecule has 0 atom stereocenters. The summed E-state index contributed by atoms with van der Waals surface area (Å²) in [6.07, 6.45) is 1.55. The van der Waals surface area contributed by atoms with E-state index in [4.69, 9.17) is 8.83 Å². The summed E-state index contributed by atoms with van der Waals surface area (Å²) >= 11 is 0. The predicted molar refractivity (Wildman–Crippen MR) is 96.4 cm³/mol. The smallest absolute Gasteiger partial charge is 0.248 e. The monoisotopic (exact) mass is 346 g/mol. The highest BCUT2D eigenvalue weighted by molar-refractivity contribution is 5.58. The lowest BCUT2D eigenvalue weighted by Gasteiger charge is -2.00. The van der Waals surface area contributed by atoms with E-state index in [-0.39, 0.29) is 0 Å². The van der Waals surface area contributed by atoms with E-state index in [1.807, 2.05) is 55.5 Å². The Labute approximate surface area is 150 Å². The highest BCUT2D eigenvalue weighted by Crippen LogP contribution is 2.24. The normalized spacial score (nSPS) is 11.0. The van der Waals surface area contributed by atoms with Gasteiger partial charge in [-0.3, -0.25) is 0 Å². The SMILES string of the molecule is Cc1ccc(-c2nnc(-c3ccc(CCc4nnc(C)o4)cc3)o2)cc1. The van der Waals surface area contributed by atoms with E-state index in [2.05, 4.69) is 20.4 Å². The fourth-order valence-corrected chi connectivity index (χ4v) is 2.66. The summed E-state index contributed by atoms with van der Waals surface area (Å²) in [6, 6.07) is 16.1. The van der Waals surface area contributed by atoms with E-state index in [1.165, 1.54) is 11.1 Å². The molecule has 0 bridgehead atoms. The largest absolute Gasteiger partial charge is 0.426 e.